The summed E-state index contributed by atoms with van der Waals surface area (Å²) in [7, 11) is 0. The average molecular weight is 268 g/mol. The number of hydrogen-bond donors (Lipinski definition) is 1. The third-order valence-electron chi connectivity index (χ3n) is 3.33. The van der Waals surface area contributed by atoms with Gasteiger partial charge in [-0.3, -0.25) is 4.98 Å². The van der Waals surface area contributed by atoms with Crippen molar-refractivity contribution >= 4 is 10.9 Å². The number of benzene rings is 1. The lowest BCUT2D eigenvalue weighted by atomic mass is 10.1. The molecule has 5 heteroatoms. The molecule has 0 aliphatic carbocycles. The van der Waals surface area contributed by atoms with Gasteiger partial charge in [0, 0.05) is 18.1 Å². The van der Waals surface area contributed by atoms with Crippen molar-refractivity contribution in [2.24, 2.45) is 0 Å². The molecule has 0 amide bonds. The van der Waals surface area contributed by atoms with Crippen LogP contribution in [0.5, 0.6) is 0 Å². The second-order valence-corrected chi connectivity index (χ2v) is 4.72. The van der Waals surface area contributed by atoms with E-state index in [4.69, 9.17) is 0 Å². The van der Waals surface area contributed by atoms with Crippen LogP contribution >= 0.6 is 0 Å². The molecule has 0 fully saturated rings. The fourth-order valence-electron chi connectivity index (χ4n) is 2.21. The minimum absolute atomic E-state index is 0.674. The number of aryl methyl sites for hydroxylation is 1. The number of rotatable bonds is 5. The number of para-hydroxylation sites is 1. The normalized spacial score (nSPS) is 11.1. The van der Waals surface area contributed by atoms with Gasteiger partial charge in [-0.2, -0.15) is 0 Å². The molecule has 2 heterocycles. The Labute approximate surface area is 117 Å². The molecular weight excluding hydrogens is 252 g/mol. The van der Waals surface area contributed by atoms with Gasteiger partial charge in [-0.25, -0.2) is 4.63 Å². The van der Waals surface area contributed by atoms with Gasteiger partial charge in [-0.15, -0.1) is 0 Å². The highest BCUT2D eigenvalue weighted by molar-refractivity contribution is 5.81. The average Bonchev–Trinajstić information content (AvgIpc) is 2.89. The van der Waals surface area contributed by atoms with E-state index >= 15 is 0 Å². The maximum absolute atomic E-state index is 4.67. The highest BCUT2D eigenvalue weighted by Crippen LogP contribution is 2.16. The third kappa shape index (κ3) is 2.67. The first kappa shape index (κ1) is 12.7. The zero-order chi connectivity index (χ0) is 13.8. The second-order valence-electron chi connectivity index (χ2n) is 4.72. The summed E-state index contributed by atoms with van der Waals surface area (Å²) in [5.74, 6) is 0. The summed E-state index contributed by atoms with van der Waals surface area (Å²) < 4.78 is 4.67. The van der Waals surface area contributed by atoms with Crippen LogP contribution in [0.15, 0.2) is 41.2 Å². The Morgan fingerprint density at radius 1 is 1.15 bits per heavy atom. The van der Waals surface area contributed by atoms with Gasteiger partial charge in [-0.1, -0.05) is 34.6 Å². The fraction of sp³-hybridized carbons (Fsp3) is 0.267. The smallest absolute Gasteiger partial charge is 0.121 e. The Bertz CT molecular complexity index is 702. The molecule has 0 bridgehead atoms. The summed E-state index contributed by atoms with van der Waals surface area (Å²) in [6, 6.07) is 10.3. The van der Waals surface area contributed by atoms with E-state index in [0.29, 0.717) is 6.54 Å². The van der Waals surface area contributed by atoms with E-state index in [1.54, 1.807) is 0 Å². The monoisotopic (exact) mass is 268 g/mol. The van der Waals surface area contributed by atoms with Crippen molar-refractivity contribution in [2.45, 2.75) is 19.9 Å². The van der Waals surface area contributed by atoms with Crippen LogP contribution in [0.4, 0.5) is 0 Å². The maximum atomic E-state index is 4.67. The first-order valence-corrected chi connectivity index (χ1v) is 6.66. The van der Waals surface area contributed by atoms with E-state index in [1.165, 1.54) is 10.9 Å². The molecule has 3 rings (SSSR count). The summed E-state index contributed by atoms with van der Waals surface area (Å²) in [6.07, 6.45) is 2.77. The molecule has 0 radical (unpaired) electrons. The Balaban J connectivity index is 1.62. The predicted molar refractivity (Wildman–Crippen MR) is 76.2 cm³/mol. The Morgan fingerprint density at radius 3 is 2.90 bits per heavy atom. The van der Waals surface area contributed by atoms with Crippen LogP contribution in [0.1, 0.15) is 17.0 Å². The van der Waals surface area contributed by atoms with E-state index in [9.17, 15) is 0 Å². The largest absolute Gasteiger partial charge is 0.311 e. The fourth-order valence-corrected chi connectivity index (χ4v) is 2.21. The molecule has 5 nitrogen and oxygen atoms in total. The van der Waals surface area contributed by atoms with Crippen LogP contribution in [0.2, 0.25) is 0 Å². The van der Waals surface area contributed by atoms with Gasteiger partial charge in [0.05, 0.1) is 5.52 Å². The van der Waals surface area contributed by atoms with Crippen molar-refractivity contribution in [2.75, 3.05) is 6.54 Å². The molecule has 1 N–H and O–H groups in total. The Kier molecular flexibility index (Phi) is 3.69. The molecule has 0 unspecified atom stereocenters. The minimum atomic E-state index is 0.674. The van der Waals surface area contributed by atoms with Gasteiger partial charge in [0.1, 0.15) is 11.4 Å². The summed E-state index contributed by atoms with van der Waals surface area (Å²) in [5.41, 5.74) is 4.03. The molecule has 0 spiro atoms. The standard InChI is InChI=1S/C15H16N4O/c1-11-14(19-20-18-11)10-16-9-7-13-5-2-4-12-6-3-8-17-15(12)13/h2-6,8,16H,7,9-10H2,1H3. The molecular formula is C15H16N4O. The predicted octanol–water partition coefficient (Wildman–Crippen LogP) is 2.26. The van der Waals surface area contributed by atoms with Crippen LogP contribution in [0.25, 0.3) is 10.9 Å². The van der Waals surface area contributed by atoms with Crippen LogP contribution in [0, 0.1) is 6.92 Å². The lowest BCUT2D eigenvalue weighted by molar-refractivity contribution is 0.300. The topological polar surface area (TPSA) is 63.8 Å². The van der Waals surface area contributed by atoms with Crippen molar-refractivity contribution in [3.8, 4) is 0 Å². The highest BCUT2D eigenvalue weighted by atomic mass is 16.6. The van der Waals surface area contributed by atoms with Gasteiger partial charge in [0.25, 0.3) is 0 Å². The van der Waals surface area contributed by atoms with E-state index in [0.717, 1.165) is 29.9 Å². The van der Waals surface area contributed by atoms with Crippen LogP contribution in [-0.2, 0) is 13.0 Å². The lowest BCUT2D eigenvalue weighted by Gasteiger charge is -2.06. The van der Waals surface area contributed by atoms with Crippen LogP contribution in [0.3, 0.4) is 0 Å². The SMILES string of the molecule is Cc1nonc1CNCCc1cccc2cccnc12. The molecule has 0 aliphatic heterocycles. The van der Waals surface area contributed by atoms with E-state index in [-0.39, 0.29) is 0 Å². The number of aromatic nitrogens is 3. The van der Waals surface area contributed by atoms with E-state index in [2.05, 4.69) is 49.5 Å². The van der Waals surface area contributed by atoms with Crippen molar-refractivity contribution in [1.82, 2.24) is 20.6 Å². The zero-order valence-electron chi connectivity index (χ0n) is 11.3. The summed E-state index contributed by atoms with van der Waals surface area (Å²) in [4.78, 5) is 4.46. The van der Waals surface area contributed by atoms with Crippen molar-refractivity contribution < 1.29 is 4.63 Å². The third-order valence-corrected chi connectivity index (χ3v) is 3.33. The molecule has 1 aromatic carbocycles. The van der Waals surface area contributed by atoms with E-state index < -0.39 is 0 Å². The van der Waals surface area contributed by atoms with Crippen LogP contribution < -0.4 is 5.32 Å². The molecule has 2 aromatic heterocycles. The number of fused-ring (bicyclic) bond motifs is 1. The highest BCUT2D eigenvalue weighted by Gasteiger charge is 2.05. The number of nitrogens with one attached hydrogen (secondary N) is 1. The number of nitrogens with zero attached hydrogens (tertiary/aromatic N) is 3. The maximum Gasteiger partial charge on any atom is 0.121 e. The van der Waals surface area contributed by atoms with E-state index in [1.807, 2.05) is 19.2 Å². The summed E-state index contributed by atoms with van der Waals surface area (Å²) in [5, 5.41) is 12.1. The van der Waals surface area contributed by atoms with Crippen LogP contribution in [-0.4, -0.2) is 21.8 Å². The molecule has 0 saturated carbocycles. The summed E-state index contributed by atoms with van der Waals surface area (Å²) in [6.45, 7) is 3.43. The first-order valence-electron chi connectivity index (χ1n) is 6.66. The molecule has 3 aromatic rings. The zero-order valence-corrected chi connectivity index (χ0v) is 11.3. The quantitative estimate of drug-likeness (QED) is 0.719. The molecule has 0 aliphatic rings. The van der Waals surface area contributed by atoms with Gasteiger partial charge in [0.15, 0.2) is 0 Å². The second kappa shape index (κ2) is 5.79. The van der Waals surface area contributed by atoms with Crippen molar-refractivity contribution in [3.63, 3.8) is 0 Å². The minimum Gasteiger partial charge on any atom is -0.311 e. The van der Waals surface area contributed by atoms with Gasteiger partial charge < -0.3 is 5.32 Å². The Morgan fingerprint density at radius 2 is 2.05 bits per heavy atom. The Hall–Kier alpha value is -2.27. The van der Waals surface area contributed by atoms with Gasteiger partial charge in [0.2, 0.25) is 0 Å². The van der Waals surface area contributed by atoms with Crippen molar-refractivity contribution in [3.05, 3.63) is 53.5 Å². The molecule has 102 valence electrons. The first-order chi connectivity index (χ1) is 9.84. The number of hydrogen-bond acceptors (Lipinski definition) is 5. The summed E-state index contributed by atoms with van der Waals surface area (Å²) >= 11 is 0. The van der Waals surface area contributed by atoms with Crippen molar-refractivity contribution in [1.29, 1.82) is 0 Å². The van der Waals surface area contributed by atoms with Gasteiger partial charge in [-0.05, 0) is 31.5 Å². The lowest BCUT2D eigenvalue weighted by Crippen LogP contribution is -2.17. The number of pyridine rings is 1. The molecule has 20 heavy (non-hydrogen) atoms. The van der Waals surface area contributed by atoms with Gasteiger partial charge >= 0.3 is 0 Å². The molecule has 0 atom stereocenters. The molecule has 0 saturated heterocycles.